The Morgan fingerprint density at radius 2 is 2.10 bits per heavy atom. The van der Waals surface area contributed by atoms with Gasteiger partial charge in [0, 0.05) is 17.0 Å². The fourth-order valence-corrected chi connectivity index (χ4v) is 3.29. The Kier molecular flexibility index (Phi) is 4.96. The van der Waals surface area contributed by atoms with Crippen LogP contribution in [-0.2, 0) is 6.54 Å². The van der Waals surface area contributed by atoms with E-state index in [0.29, 0.717) is 12.1 Å². The summed E-state index contributed by atoms with van der Waals surface area (Å²) in [5.74, 6) is -0.000494. The van der Waals surface area contributed by atoms with Gasteiger partial charge in [0.15, 0.2) is 11.6 Å². The molecular formula is C16H21FN2OS. The molecule has 1 atom stereocenters. The van der Waals surface area contributed by atoms with E-state index in [0.717, 1.165) is 10.7 Å². The number of nitrogens with zero attached hydrogens (tertiary/aromatic N) is 2. The Morgan fingerprint density at radius 1 is 1.38 bits per heavy atom. The summed E-state index contributed by atoms with van der Waals surface area (Å²) in [7, 11) is 3.47. The highest BCUT2D eigenvalue weighted by Gasteiger charge is 2.19. The third-order valence-electron chi connectivity index (χ3n) is 3.68. The SMILES string of the molecule is COc1cccc(CN(C)C(C)c2nc(C)sc2C)c1F. The van der Waals surface area contributed by atoms with Crippen LogP contribution in [0.5, 0.6) is 5.75 Å². The van der Waals surface area contributed by atoms with Crippen molar-refractivity contribution in [3.63, 3.8) is 0 Å². The Morgan fingerprint density at radius 3 is 2.67 bits per heavy atom. The van der Waals surface area contributed by atoms with Crippen molar-refractivity contribution in [1.29, 1.82) is 0 Å². The van der Waals surface area contributed by atoms with E-state index >= 15 is 0 Å². The van der Waals surface area contributed by atoms with Gasteiger partial charge in [0.05, 0.1) is 23.9 Å². The molecule has 0 radical (unpaired) electrons. The molecule has 2 aromatic rings. The van der Waals surface area contributed by atoms with Crippen molar-refractivity contribution in [1.82, 2.24) is 9.88 Å². The van der Waals surface area contributed by atoms with Crippen LogP contribution >= 0.6 is 11.3 Å². The van der Waals surface area contributed by atoms with Crippen molar-refractivity contribution in [3.8, 4) is 5.75 Å². The average molecular weight is 308 g/mol. The molecule has 0 aliphatic carbocycles. The van der Waals surface area contributed by atoms with Crippen molar-refractivity contribution in [2.24, 2.45) is 0 Å². The Hall–Kier alpha value is -1.46. The summed E-state index contributed by atoms with van der Waals surface area (Å²) in [5.41, 5.74) is 1.71. The fourth-order valence-electron chi connectivity index (χ4n) is 2.38. The molecule has 0 fully saturated rings. The van der Waals surface area contributed by atoms with E-state index in [-0.39, 0.29) is 17.6 Å². The molecule has 0 N–H and O–H groups in total. The standard InChI is InChI=1S/C16H21FN2OS/c1-10(16-11(2)21-12(3)18-16)19(4)9-13-7-6-8-14(20-5)15(13)17/h6-8,10H,9H2,1-5H3. The van der Waals surface area contributed by atoms with Gasteiger partial charge in [-0.2, -0.15) is 0 Å². The number of ether oxygens (including phenoxy) is 1. The molecule has 1 aromatic heterocycles. The van der Waals surface area contributed by atoms with Gasteiger partial charge in [0.2, 0.25) is 0 Å². The van der Waals surface area contributed by atoms with Crippen molar-refractivity contribution in [2.45, 2.75) is 33.4 Å². The van der Waals surface area contributed by atoms with Crippen LogP contribution in [0.3, 0.4) is 0 Å². The Balaban J connectivity index is 2.18. The second-order valence-corrected chi connectivity index (χ2v) is 6.61. The van der Waals surface area contributed by atoms with E-state index < -0.39 is 0 Å². The van der Waals surface area contributed by atoms with Gasteiger partial charge in [-0.3, -0.25) is 4.90 Å². The summed E-state index contributed by atoms with van der Waals surface area (Å²) in [4.78, 5) is 7.90. The summed E-state index contributed by atoms with van der Waals surface area (Å²) in [5, 5.41) is 1.07. The lowest BCUT2D eigenvalue weighted by Crippen LogP contribution is -2.23. The van der Waals surface area contributed by atoms with E-state index in [1.807, 2.05) is 20.0 Å². The number of halogens is 1. The predicted octanol–water partition coefficient (Wildman–Crippen LogP) is 4.10. The zero-order chi connectivity index (χ0) is 15.6. The highest BCUT2D eigenvalue weighted by atomic mass is 32.1. The first kappa shape index (κ1) is 15.9. The van der Waals surface area contributed by atoms with Gasteiger partial charge in [-0.05, 0) is 33.9 Å². The van der Waals surface area contributed by atoms with E-state index in [9.17, 15) is 4.39 Å². The van der Waals surface area contributed by atoms with Gasteiger partial charge in [0.25, 0.3) is 0 Å². The topological polar surface area (TPSA) is 25.4 Å². The Labute approximate surface area is 129 Å². The maximum Gasteiger partial charge on any atom is 0.169 e. The van der Waals surface area contributed by atoms with Crippen LogP contribution in [0.1, 0.15) is 34.1 Å². The van der Waals surface area contributed by atoms with Crippen LogP contribution in [0.4, 0.5) is 4.39 Å². The quantitative estimate of drug-likeness (QED) is 0.831. The first-order valence-corrected chi connectivity index (χ1v) is 7.71. The van der Waals surface area contributed by atoms with Crippen LogP contribution in [0.15, 0.2) is 18.2 Å². The molecule has 0 aliphatic rings. The lowest BCUT2D eigenvalue weighted by atomic mass is 10.1. The number of hydrogen-bond acceptors (Lipinski definition) is 4. The van der Waals surface area contributed by atoms with Gasteiger partial charge in [-0.1, -0.05) is 12.1 Å². The summed E-state index contributed by atoms with van der Waals surface area (Å²) < 4.78 is 19.2. The summed E-state index contributed by atoms with van der Waals surface area (Å²) >= 11 is 1.70. The average Bonchev–Trinajstić information content (AvgIpc) is 2.79. The predicted molar refractivity (Wildman–Crippen MR) is 84.4 cm³/mol. The molecule has 3 nitrogen and oxygen atoms in total. The summed E-state index contributed by atoms with van der Waals surface area (Å²) in [6.07, 6.45) is 0. The fraction of sp³-hybridized carbons (Fsp3) is 0.438. The van der Waals surface area contributed by atoms with Crippen molar-refractivity contribution >= 4 is 11.3 Å². The molecule has 2 rings (SSSR count). The molecule has 5 heteroatoms. The van der Waals surface area contributed by atoms with E-state index in [2.05, 4.69) is 23.7 Å². The second-order valence-electron chi connectivity index (χ2n) is 5.20. The first-order valence-electron chi connectivity index (χ1n) is 6.89. The van der Waals surface area contributed by atoms with Crippen molar-refractivity contribution in [2.75, 3.05) is 14.2 Å². The van der Waals surface area contributed by atoms with Crippen LogP contribution in [0, 0.1) is 19.7 Å². The lowest BCUT2D eigenvalue weighted by molar-refractivity contribution is 0.244. The summed E-state index contributed by atoms with van der Waals surface area (Å²) in [6.45, 7) is 6.70. The van der Waals surface area contributed by atoms with Crippen molar-refractivity contribution < 1.29 is 9.13 Å². The molecule has 1 unspecified atom stereocenters. The second kappa shape index (κ2) is 6.54. The molecule has 114 valence electrons. The van der Waals surface area contributed by atoms with Gasteiger partial charge in [0.1, 0.15) is 0 Å². The Bertz CT molecular complexity index is 627. The highest BCUT2D eigenvalue weighted by molar-refractivity contribution is 7.11. The summed E-state index contributed by atoms with van der Waals surface area (Å²) in [6, 6.07) is 5.38. The van der Waals surface area contributed by atoms with Crippen LogP contribution in [0.2, 0.25) is 0 Å². The maximum atomic E-state index is 14.2. The number of aromatic nitrogens is 1. The van der Waals surface area contributed by atoms with Gasteiger partial charge in [-0.15, -0.1) is 11.3 Å². The number of methoxy groups -OCH3 is 1. The van der Waals surface area contributed by atoms with Crippen molar-refractivity contribution in [3.05, 3.63) is 45.2 Å². The zero-order valence-corrected chi connectivity index (χ0v) is 13.9. The smallest absolute Gasteiger partial charge is 0.169 e. The molecular weight excluding hydrogens is 287 g/mol. The number of aryl methyl sites for hydroxylation is 2. The minimum Gasteiger partial charge on any atom is -0.494 e. The lowest BCUT2D eigenvalue weighted by Gasteiger charge is -2.24. The van der Waals surface area contributed by atoms with Crippen LogP contribution in [0.25, 0.3) is 0 Å². The highest BCUT2D eigenvalue weighted by Crippen LogP contribution is 2.28. The number of thiazole rings is 1. The third-order valence-corrected chi connectivity index (χ3v) is 4.58. The molecule has 21 heavy (non-hydrogen) atoms. The molecule has 0 amide bonds. The number of benzene rings is 1. The van der Waals surface area contributed by atoms with Gasteiger partial charge in [-0.25, -0.2) is 9.37 Å². The molecule has 0 spiro atoms. The molecule has 1 heterocycles. The monoisotopic (exact) mass is 308 g/mol. The number of hydrogen-bond donors (Lipinski definition) is 0. The normalized spacial score (nSPS) is 12.7. The molecule has 0 bridgehead atoms. The molecule has 1 aromatic carbocycles. The maximum absolute atomic E-state index is 14.2. The van der Waals surface area contributed by atoms with Gasteiger partial charge >= 0.3 is 0 Å². The molecule has 0 aliphatic heterocycles. The van der Waals surface area contributed by atoms with E-state index in [1.54, 1.807) is 23.5 Å². The van der Waals surface area contributed by atoms with Crippen LogP contribution < -0.4 is 4.74 Å². The number of rotatable bonds is 5. The minimum absolute atomic E-state index is 0.139. The zero-order valence-electron chi connectivity index (χ0n) is 13.1. The van der Waals surface area contributed by atoms with E-state index in [1.165, 1.54) is 12.0 Å². The first-order chi connectivity index (χ1) is 9.93. The molecule has 0 saturated carbocycles. The van der Waals surface area contributed by atoms with E-state index in [4.69, 9.17) is 4.74 Å². The third kappa shape index (κ3) is 3.41. The van der Waals surface area contributed by atoms with Crippen LogP contribution in [-0.4, -0.2) is 24.0 Å². The molecule has 0 saturated heterocycles. The van der Waals surface area contributed by atoms with Gasteiger partial charge < -0.3 is 4.74 Å². The minimum atomic E-state index is -0.287. The largest absolute Gasteiger partial charge is 0.494 e.